The normalized spacial score (nSPS) is 23.1. The van der Waals surface area contributed by atoms with E-state index in [9.17, 15) is 0 Å². The van der Waals surface area contributed by atoms with Gasteiger partial charge in [0.15, 0.2) is 0 Å². The molecule has 2 unspecified atom stereocenters. The third-order valence-electron chi connectivity index (χ3n) is 2.47. The van der Waals surface area contributed by atoms with Crippen molar-refractivity contribution < 1.29 is 4.74 Å². The first-order chi connectivity index (χ1) is 6.36. The second-order valence-corrected chi connectivity index (χ2v) is 3.52. The first-order valence-corrected chi connectivity index (χ1v) is 4.86. The van der Waals surface area contributed by atoms with Gasteiger partial charge >= 0.3 is 0 Å². The number of ether oxygens (including phenoxy) is 1. The van der Waals surface area contributed by atoms with Gasteiger partial charge in [-0.2, -0.15) is 0 Å². The van der Waals surface area contributed by atoms with Crippen LogP contribution in [0.25, 0.3) is 0 Å². The maximum atomic E-state index is 5.86. The maximum Gasteiger partial charge on any atom is 0.0948 e. The van der Waals surface area contributed by atoms with Crippen molar-refractivity contribution in [1.29, 1.82) is 0 Å². The quantitative estimate of drug-likeness (QED) is 0.810. The summed E-state index contributed by atoms with van der Waals surface area (Å²) in [7, 11) is 0. The van der Waals surface area contributed by atoms with Crippen molar-refractivity contribution in [1.82, 2.24) is 10.3 Å². The number of H-pyrrole nitrogens is 1. The Morgan fingerprint density at radius 1 is 1.57 bits per heavy atom. The van der Waals surface area contributed by atoms with Crippen LogP contribution in [0.15, 0.2) is 18.3 Å². The van der Waals surface area contributed by atoms with Crippen LogP contribution < -0.4 is 5.32 Å². The van der Waals surface area contributed by atoms with Gasteiger partial charge < -0.3 is 15.0 Å². The van der Waals surface area contributed by atoms with Crippen molar-refractivity contribution in [3.8, 4) is 0 Å². The molecule has 2 heterocycles. The largest absolute Gasteiger partial charge is 0.368 e. The lowest BCUT2D eigenvalue weighted by Gasteiger charge is -2.16. The van der Waals surface area contributed by atoms with Crippen LogP contribution in [-0.2, 0) is 4.74 Å². The lowest BCUT2D eigenvalue weighted by molar-refractivity contribution is 0.00629. The minimum Gasteiger partial charge on any atom is -0.368 e. The molecule has 2 rings (SSSR count). The minimum absolute atomic E-state index is 0. The highest BCUT2D eigenvalue weighted by Gasteiger charge is 2.18. The molecule has 0 aromatic carbocycles. The molecule has 1 aromatic rings. The van der Waals surface area contributed by atoms with Crippen LogP contribution in [0, 0.1) is 0 Å². The van der Waals surface area contributed by atoms with Crippen molar-refractivity contribution in [2.75, 3.05) is 13.1 Å². The van der Waals surface area contributed by atoms with Gasteiger partial charge in [0.2, 0.25) is 0 Å². The molecule has 0 spiro atoms. The lowest BCUT2D eigenvalue weighted by Crippen LogP contribution is -2.18. The van der Waals surface area contributed by atoms with Crippen molar-refractivity contribution >= 4 is 12.4 Å². The van der Waals surface area contributed by atoms with E-state index in [1.165, 1.54) is 0 Å². The molecule has 0 saturated carbocycles. The summed E-state index contributed by atoms with van der Waals surface area (Å²) in [5.74, 6) is 0. The smallest absolute Gasteiger partial charge is 0.0948 e. The molecule has 0 bridgehead atoms. The second-order valence-electron chi connectivity index (χ2n) is 3.52. The predicted molar refractivity (Wildman–Crippen MR) is 58.8 cm³/mol. The highest BCUT2D eigenvalue weighted by atomic mass is 35.5. The molecule has 4 heteroatoms. The van der Waals surface area contributed by atoms with Crippen LogP contribution in [-0.4, -0.2) is 24.2 Å². The number of nitrogens with one attached hydrogen (secondary N) is 2. The fourth-order valence-electron chi connectivity index (χ4n) is 1.70. The van der Waals surface area contributed by atoms with Gasteiger partial charge in [-0.25, -0.2) is 0 Å². The summed E-state index contributed by atoms with van der Waals surface area (Å²) in [6.45, 7) is 4.16. The van der Waals surface area contributed by atoms with Gasteiger partial charge in [-0.1, -0.05) is 0 Å². The highest BCUT2D eigenvalue weighted by molar-refractivity contribution is 5.85. The summed E-state index contributed by atoms with van der Waals surface area (Å²) in [5.41, 5.74) is 1.16. The standard InChI is InChI=1S/C10H16N2O.ClH/c1-8(10-3-2-5-12-10)13-9-4-6-11-7-9;/h2-3,5,8-9,11-12H,4,6-7H2,1H3;1H. The van der Waals surface area contributed by atoms with E-state index in [-0.39, 0.29) is 18.5 Å². The molecule has 1 aliphatic heterocycles. The molecular formula is C10H17ClN2O. The summed E-state index contributed by atoms with van der Waals surface area (Å²) in [5, 5.41) is 3.29. The van der Waals surface area contributed by atoms with E-state index in [1.807, 2.05) is 12.3 Å². The SMILES string of the molecule is CC(OC1CCNC1)c1ccc[nH]1.Cl. The van der Waals surface area contributed by atoms with Crippen molar-refractivity contribution in [2.45, 2.75) is 25.6 Å². The molecule has 1 aliphatic rings. The van der Waals surface area contributed by atoms with Crippen LogP contribution in [0.5, 0.6) is 0 Å². The third kappa shape index (κ3) is 2.74. The number of hydrogen-bond donors (Lipinski definition) is 2. The molecule has 1 saturated heterocycles. The molecule has 3 nitrogen and oxygen atoms in total. The summed E-state index contributed by atoms with van der Waals surface area (Å²) in [4.78, 5) is 3.17. The first kappa shape index (κ1) is 11.6. The van der Waals surface area contributed by atoms with Crippen LogP contribution in [0.3, 0.4) is 0 Å². The van der Waals surface area contributed by atoms with E-state index in [0.717, 1.165) is 25.2 Å². The van der Waals surface area contributed by atoms with Gasteiger partial charge in [-0.3, -0.25) is 0 Å². The van der Waals surface area contributed by atoms with Gasteiger partial charge in [0.05, 0.1) is 12.2 Å². The number of aromatic amines is 1. The molecule has 80 valence electrons. The average Bonchev–Trinajstić information content (AvgIpc) is 2.74. The summed E-state index contributed by atoms with van der Waals surface area (Å²) in [6.07, 6.45) is 3.63. The van der Waals surface area contributed by atoms with Crippen molar-refractivity contribution in [3.05, 3.63) is 24.0 Å². The average molecular weight is 217 g/mol. The Labute approximate surface area is 90.6 Å². The van der Waals surface area contributed by atoms with E-state index in [4.69, 9.17) is 4.74 Å². The van der Waals surface area contributed by atoms with Crippen molar-refractivity contribution in [2.24, 2.45) is 0 Å². The molecular weight excluding hydrogens is 200 g/mol. The minimum atomic E-state index is 0. The van der Waals surface area contributed by atoms with E-state index in [1.54, 1.807) is 0 Å². The van der Waals surface area contributed by atoms with Crippen LogP contribution in [0.4, 0.5) is 0 Å². The Kier molecular flexibility index (Phi) is 4.45. The molecule has 1 fully saturated rings. The third-order valence-corrected chi connectivity index (χ3v) is 2.47. The number of rotatable bonds is 3. The number of halogens is 1. The second kappa shape index (κ2) is 5.39. The zero-order chi connectivity index (χ0) is 9.10. The molecule has 2 atom stereocenters. The fourth-order valence-corrected chi connectivity index (χ4v) is 1.70. The Balaban J connectivity index is 0.000000980. The summed E-state index contributed by atoms with van der Waals surface area (Å²) in [6, 6.07) is 4.06. The molecule has 14 heavy (non-hydrogen) atoms. The Morgan fingerprint density at radius 2 is 2.43 bits per heavy atom. The number of aromatic nitrogens is 1. The molecule has 2 N–H and O–H groups in total. The number of hydrogen-bond acceptors (Lipinski definition) is 2. The first-order valence-electron chi connectivity index (χ1n) is 4.86. The predicted octanol–water partition coefficient (Wildman–Crippen LogP) is 1.88. The Bertz CT molecular complexity index is 245. The molecule has 0 radical (unpaired) electrons. The lowest BCUT2D eigenvalue weighted by atomic mass is 10.2. The zero-order valence-corrected chi connectivity index (χ0v) is 9.14. The molecule has 0 aliphatic carbocycles. The maximum absolute atomic E-state index is 5.86. The Hall–Kier alpha value is -0.510. The van der Waals surface area contributed by atoms with E-state index in [0.29, 0.717) is 6.10 Å². The Morgan fingerprint density at radius 3 is 3.00 bits per heavy atom. The van der Waals surface area contributed by atoms with Gasteiger partial charge in [0, 0.05) is 18.4 Å². The van der Waals surface area contributed by atoms with Crippen LogP contribution in [0.1, 0.15) is 25.1 Å². The van der Waals surface area contributed by atoms with Gasteiger partial charge in [-0.15, -0.1) is 12.4 Å². The van der Waals surface area contributed by atoms with Gasteiger partial charge in [0.1, 0.15) is 0 Å². The topological polar surface area (TPSA) is 37.0 Å². The summed E-state index contributed by atoms with van der Waals surface area (Å²) < 4.78 is 5.86. The van der Waals surface area contributed by atoms with E-state index < -0.39 is 0 Å². The fraction of sp³-hybridized carbons (Fsp3) is 0.600. The van der Waals surface area contributed by atoms with Crippen LogP contribution in [0.2, 0.25) is 0 Å². The van der Waals surface area contributed by atoms with Gasteiger partial charge in [-0.05, 0) is 32.0 Å². The highest BCUT2D eigenvalue weighted by Crippen LogP contribution is 2.18. The zero-order valence-electron chi connectivity index (χ0n) is 8.32. The van der Waals surface area contributed by atoms with Crippen LogP contribution >= 0.6 is 12.4 Å². The van der Waals surface area contributed by atoms with E-state index in [2.05, 4.69) is 23.3 Å². The molecule has 1 aromatic heterocycles. The van der Waals surface area contributed by atoms with Crippen molar-refractivity contribution in [3.63, 3.8) is 0 Å². The van der Waals surface area contributed by atoms with E-state index >= 15 is 0 Å². The monoisotopic (exact) mass is 216 g/mol. The molecule has 0 amide bonds. The van der Waals surface area contributed by atoms with Gasteiger partial charge in [0.25, 0.3) is 0 Å². The summed E-state index contributed by atoms with van der Waals surface area (Å²) >= 11 is 0.